The molecule has 4 aromatic carbocycles. The van der Waals surface area contributed by atoms with Gasteiger partial charge in [-0.2, -0.15) is 0 Å². The standard InChI is InChI=1S/C43H38N6/c1-5-9-30-18-19-39-40(29(30)2)37-12-6-7-13-38(37)49(39)36-11-8-10-35(28-36)43-46-41(33-22-26-47(3)27-23-33)45-42(48(43)4)34-16-14-31(15-17-34)32-20-24-44-25-21-32/h5-26,28,42H,27H2,1-4H3/b9-5-. The number of nitrogens with zero attached hydrogens (tertiary/aromatic N) is 6. The van der Waals surface area contributed by atoms with Crippen molar-refractivity contribution in [3.05, 3.63) is 162 Å². The van der Waals surface area contributed by atoms with Crippen LogP contribution in [0.25, 0.3) is 44.7 Å². The summed E-state index contributed by atoms with van der Waals surface area (Å²) in [5.41, 5.74) is 11.5. The minimum atomic E-state index is -0.243. The number of fused-ring (bicyclic) bond motifs is 3. The second-order valence-corrected chi connectivity index (χ2v) is 12.7. The largest absolute Gasteiger partial charge is 0.377 e. The summed E-state index contributed by atoms with van der Waals surface area (Å²) in [5, 5.41) is 2.54. The number of pyridine rings is 1. The quantitative estimate of drug-likeness (QED) is 0.183. The highest BCUT2D eigenvalue weighted by Crippen LogP contribution is 2.37. The second kappa shape index (κ2) is 12.5. The number of rotatable bonds is 6. The molecule has 0 fully saturated rings. The van der Waals surface area contributed by atoms with E-state index in [0.29, 0.717) is 0 Å². The van der Waals surface area contributed by atoms with E-state index < -0.39 is 0 Å². The van der Waals surface area contributed by atoms with Crippen LogP contribution in [0.3, 0.4) is 0 Å². The molecule has 0 spiro atoms. The molecule has 0 saturated carbocycles. The van der Waals surface area contributed by atoms with Crippen LogP contribution in [0.5, 0.6) is 0 Å². The Kier molecular flexibility index (Phi) is 7.77. The van der Waals surface area contributed by atoms with Crippen molar-refractivity contribution in [2.45, 2.75) is 20.0 Å². The summed E-state index contributed by atoms with van der Waals surface area (Å²) in [7, 11) is 4.17. The van der Waals surface area contributed by atoms with E-state index in [-0.39, 0.29) is 6.17 Å². The van der Waals surface area contributed by atoms with Crippen molar-refractivity contribution in [3.8, 4) is 16.8 Å². The molecule has 4 heterocycles. The molecule has 6 nitrogen and oxygen atoms in total. The molecule has 0 amide bonds. The Hall–Kier alpha value is -6.01. The zero-order valence-corrected chi connectivity index (χ0v) is 28.2. The zero-order chi connectivity index (χ0) is 33.5. The van der Waals surface area contributed by atoms with E-state index in [0.717, 1.165) is 51.7 Å². The average molecular weight is 639 g/mol. The van der Waals surface area contributed by atoms with E-state index in [1.54, 1.807) is 0 Å². The fourth-order valence-corrected chi connectivity index (χ4v) is 7.04. The molecule has 0 aliphatic carbocycles. The van der Waals surface area contributed by atoms with Gasteiger partial charge >= 0.3 is 0 Å². The van der Waals surface area contributed by atoms with E-state index in [2.05, 4.69) is 163 Å². The Balaban J connectivity index is 1.24. The predicted octanol–water partition coefficient (Wildman–Crippen LogP) is 9.36. The summed E-state index contributed by atoms with van der Waals surface area (Å²) in [6.45, 7) is 5.12. The van der Waals surface area contributed by atoms with Crippen molar-refractivity contribution in [2.75, 3.05) is 20.6 Å². The first-order valence-electron chi connectivity index (χ1n) is 16.7. The smallest absolute Gasteiger partial charge is 0.159 e. The Bertz CT molecular complexity index is 2360. The van der Waals surface area contributed by atoms with Gasteiger partial charge in [-0.3, -0.25) is 4.98 Å². The fourth-order valence-electron chi connectivity index (χ4n) is 7.04. The highest BCUT2D eigenvalue weighted by atomic mass is 15.3. The summed E-state index contributed by atoms with van der Waals surface area (Å²) in [4.78, 5) is 19.0. The minimum absolute atomic E-state index is 0.243. The Morgan fingerprint density at radius 1 is 0.796 bits per heavy atom. The Morgan fingerprint density at radius 3 is 2.37 bits per heavy atom. The Labute approximate surface area is 287 Å². The molecule has 8 rings (SSSR count). The molecule has 0 saturated heterocycles. The molecule has 49 heavy (non-hydrogen) atoms. The molecular weight excluding hydrogens is 601 g/mol. The Morgan fingerprint density at radius 2 is 1.59 bits per heavy atom. The lowest BCUT2D eigenvalue weighted by molar-refractivity contribution is 0.382. The van der Waals surface area contributed by atoms with Crippen LogP contribution in [0.2, 0.25) is 0 Å². The van der Waals surface area contributed by atoms with Gasteiger partial charge in [-0.05, 0) is 90.3 Å². The van der Waals surface area contributed by atoms with Gasteiger partial charge in [0.05, 0.1) is 11.0 Å². The van der Waals surface area contributed by atoms with E-state index in [9.17, 15) is 0 Å². The molecule has 6 aromatic rings. The number of hydrogen-bond acceptors (Lipinski definition) is 5. The highest BCUT2D eigenvalue weighted by molar-refractivity contribution is 6.15. The van der Waals surface area contributed by atoms with E-state index >= 15 is 0 Å². The molecule has 2 aromatic heterocycles. The summed E-state index contributed by atoms with van der Waals surface area (Å²) >= 11 is 0. The summed E-state index contributed by atoms with van der Waals surface area (Å²) < 4.78 is 2.39. The first-order valence-corrected chi connectivity index (χ1v) is 16.7. The average Bonchev–Trinajstić information content (AvgIpc) is 3.49. The SMILES string of the molecule is C/C=C\c1ccc2c(c1C)c1ccccc1n2-c1cccc(C2=NC(C3=CCN(C)C=C3)=NC(c3ccc(-c4ccncc4)cc3)N2C)c1. The van der Waals surface area contributed by atoms with Crippen LogP contribution in [0.1, 0.15) is 35.3 Å². The van der Waals surface area contributed by atoms with Gasteiger partial charge < -0.3 is 14.4 Å². The summed E-state index contributed by atoms with van der Waals surface area (Å²) in [6, 6.07) is 34.7. The number of para-hydroxylation sites is 1. The normalized spacial score (nSPS) is 16.4. The van der Waals surface area contributed by atoms with Gasteiger partial charge in [-0.1, -0.05) is 78.9 Å². The van der Waals surface area contributed by atoms with Crippen molar-refractivity contribution < 1.29 is 0 Å². The molecule has 6 heteroatoms. The molecule has 2 aliphatic rings. The predicted molar refractivity (Wildman–Crippen MR) is 204 cm³/mol. The zero-order valence-electron chi connectivity index (χ0n) is 28.2. The van der Waals surface area contributed by atoms with Gasteiger partial charge in [0, 0.05) is 60.6 Å². The lowest BCUT2D eigenvalue weighted by atomic mass is 10.0. The molecular formula is C43H38N6. The maximum atomic E-state index is 5.25. The van der Waals surface area contributed by atoms with Gasteiger partial charge in [0.25, 0.3) is 0 Å². The minimum Gasteiger partial charge on any atom is -0.377 e. The number of amidine groups is 2. The third-order valence-electron chi connectivity index (χ3n) is 9.59. The molecule has 0 bridgehead atoms. The highest BCUT2D eigenvalue weighted by Gasteiger charge is 2.28. The van der Waals surface area contributed by atoms with Crippen LogP contribution in [0, 0.1) is 6.92 Å². The van der Waals surface area contributed by atoms with Gasteiger partial charge in [0.2, 0.25) is 0 Å². The molecule has 2 aliphatic heterocycles. The monoisotopic (exact) mass is 638 g/mol. The molecule has 0 N–H and O–H groups in total. The van der Waals surface area contributed by atoms with Crippen molar-refractivity contribution in [3.63, 3.8) is 0 Å². The third-order valence-corrected chi connectivity index (χ3v) is 9.59. The van der Waals surface area contributed by atoms with Crippen LogP contribution in [-0.2, 0) is 0 Å². The third kappa shape index (κ3) is 5.45. The summed E-state index contributed by atoms with van der Waals surface area (Å²) in [6.07, 6.45) is 14.1. The molecule has 1 unspecified atom stereocenters. The molecule has 1 atom stereocenters. The molecule has 240 valence electrons. The van der Waals surface area contributed by atoms with Gasteiger partial charge in [0.15, 0.2) is 5.84 Å². The number of benzene rings is 4. The topological polar surface area (TPSA) is 49.0 Å². The second-order valence-electron chi connectivity index (χ2n) is 12.7. The fraction of sp³-hybridized carbons (Fsp3) is 0.140. The van der Waals surface area contributed by atoms with Crippen LogP contribution in [0.15, 0.2) is 149 Å². The number of allylic oxidation sites excluding steroid dienone is 1. The van der Waals surface area contributed by atoms with Crippen LogP contribution < -0.4 is 0 Å². The van der Waals surface area contributed by atoms with Gasteiger partial charge in [0.1, 0.15) is 12.0 Å². The van der Waals surface area contributed by atoms with Crippen molar-refractivity contribution >= 4 is 39.6 Å². The first-order chi connectivity index (χ1) is 24.0. The summed E-state index contributed by atoms with van der Waals surface area (Å²) in [5.74, 6) is 1.63. The number of aryl methyl sites for hydroxylation is 1. The first kappa shape index (κ1) is 30.3. The van der Waals surface area contributed by atoms with Crippen molar-refractivity contribution in [2.24, 2.45) is 9.98 Å². The lowest BCUT2D eigenvalue weighted by Crippen LogP contribution is -2.36. The number of aliphatic imine (C=N–C) groups is 2. The van der Waals surface area contributed by atoms with Crippen molar-refractivity contribution in [1.82, 2.24) is 19.4 Å². The number of likely N-dealkylation sites (N-methyl/N-ethyl adjacent to an activating group) is 1. The van der Waals surface area contributed by atoms with Crippen LogP contribution >= 0.6 is 0 Å². The van der Waals surface area contributed by atoms with Crippen LogP contribution in [0.4, 0.5) is 0 Å². The van der Waals surface area contributed by atoms with E-state index in [1.165, 1.54) is 32.9 Å². The number of hydrogen-bond donors (Lipinski definition) is 0. The van der Waals surface area contributed by atoms with Gasteiger partial charge in [-0.15, -0.1) is 0 Å². The molecule has 0 radical (unpaired) electrons. The van der Waals surface area contributed by atoms with Crippen LogP contribution in [-0.4, -0.2) is 51.7 Å². The van der Waals surface area contributed by atoms with Crippen molar-refractivity contribution in [1.29, 1.82) is 0 Å². The maximum Gasteiger partial charge on any atom is 0.159 e. The van der Waals surface area contributed by atoms with E-state index in [4.69, 9.17) is 9.98 Å². The number of aromatic nitrogens is 2. The lowest BCUT2D eigenvalue weighted by Gasteiger charge is -2.33. The van der Waals surface area contributed by atoms with E-state index in [1.807, 2.05) is 24.5 Å². The maximum absolute atomic E-state index is 5.25. The van der Waals surface area contributed by atoms with Gasteiger partial charge in [-0.25, -0.2) is 9.98 Å².